The number of hydrogen-bond donors (Lipinski definition) is 0. The van der Waals surface area contributed by atoms with Crippen molar-refractivity contribution in [2.45, 2.75) is 19.3 Å². The molecular weight excluding hydrogens is 705 g/mol. The Kier molecular flexibility index (Phi) is 7.80. The number of rotatable bonds is 6. The third-order valence-corrected chi connectivity index (χ3v) is 11.8. The Balaban J connectivity index is 1.07. The Hall–Kier alpha value is -7.43. The van der Waals surface area contributed by atoms with Gasteiger partial charge in [0.25, 0.3) is 0 Å². The average molecular weight is 743 g/mol. The van der Waals surface area contributed by atoms with Crippen molar-refractivity contribution in [3.63, 3.8) is 0 Å². The van der Waals surface area contributed by atoms with Crippen LogP contribution in [0.25, 0.3) is 95.0 Å². The van der Waals surface area contributed by atoms with Crippen LogP contribution < -0.4 is 0 Å². The molecule has 1 aliphatic rings. The quantitative estimate of drug-likeness (QED) is 0.170. The van der Waals surface area contributed by atoms with E-state index >= 15 is 0 Å². The zero-order valence-electron chi connectivity index (χ0n) is 32.3. The first-order valence-corrected chi connectivity index (χ1v) is 19.9. The maximum atomic E-state index is 5.22. The third kappa shape index (κ3) is 5.56. The zero-order chi connectivity index (χ0) is 38.8. The van der Waals surface area contributed by atoms with Crippen molar-refractivity contribution >= 4 is 21.8 Å². The van der Waals surface area contributed by atoms with Crippen molar-refractivity contribution in [2.75, 3.05) is 0 Å². The SMILES string of the molecule is CC1(C)c2ccccc2-c2cc(-n3c4ccccc4c4ccc(-c5nc(-c6ccccc6)nc(-c6cccc(-c7cccc(-c8ccccc8)c7)c6)n5)cc43)ccc21. The van der Waals surface area contributed by atoms with Crippen LogP contribution in [0.5, 0.6) is 0 Å². The molecule has 0 saturated carbocycles. The predicted octanol–water partition coefficient (Wildman–Crippen LogP) is 13.6. The van der Waals surface area contributed by atoms with Gasteiger partial charge in [0.15, 0.2) is 17.5 Å². The summed E-state index contributed by atoms with van der Waals surface area (Å²) in [6.45, 7) is 4.66. The van der Waals surface area contributed by atoms with Crippen molar-refractivity contribution in [3.05, 3.63) is 205 Å². The van der Waals surface area contributed by atoms with E-state index in [0.717, 1.165) is 44.5 Å². The van der Waals surface area contributed by atoms with Gasteiger partial charge in [-0.15, -0.1) is 0 Å². The van der Waals surface area contributed by atoms with Gasteiger partial charge in [-0.25, -0.2) is 15.0 Å². The maximum absolute atomic E-state index is 5.22. The molecule has 0 saturated heterocycles. The number of benzene rings is 8. The summed E-state index contributed by atoms with van der Waals surface area (Å²) in [4.78, 5) is 15.5. The number of nitrogens with zero attached hydrogens (tertiary/aromatic N) is 4. The van der Waals surface area contributed by atoms with Gasteiger partial charge < -0.3 is 4.57 Å². The molecule has 0 N–H and O–H groups in total. The van der Waals surface area contributed by atoms with Gasteiger partial charge >= 0.3 is 0 Å². The fraction of sp³-hybridized carbons (Fsp3) is 0.0556. The molecule has 0 atom stereocenters. The molecule has 2 heterocycles. The molecule has 0 aliphatic heterocycles. The van der Waals surface area contributed by atoms with E-state index < -0.39 is 0 Å². The molecule has 0 fully saturated rings. The number of fused-ring (bicyclic) bond motifs is 6. The highest BCUT2D eigenvalue weighted by Gasteiger charge is 2.35. The summed E-state index contributed by atoms with van der Waals surface area (Å²) in [5.74, 6) is 1.90. The van der Waals surface area contributed by atoms with E-state index in [4.69, 9.17) is 15.0 Å². The van der Waals surface area contributed by atoms with E-state index in [9.17, 15) is 0 Å². The molecule has 2 aromatic heterocycles. The van der Waals surface area contributed by atoms with E-state index in [1.54, 1.807) is 0 Å². The first-order valence-electron chi connectivity index (χ1n) is 19.9. The van der Waals surface area contributed by atoms with E-state index in [2.05, 4.69) is 194 Å². The first kappa shape index (κ1) is 33.9. The van der Waals surface area contributed by atoms with Crippen LogP contribution in [0.1, 0.15) is 25.0 Å². The monoisotopic (exact) mass is 742 g/mol. The second kappa shape index (κ2) is 13.4. The lowest BCUT2D eigenvalue weighted by atomic mass is 9.82. The van der Waals surface area contributed by atoms with Crippen LogP contribution in [0.2, 0.25) is 0 Å². The molecule has 0 unspecified atom stereocenters. The molecule has 8 aromatic carbocycles. The Labute approximate surface area is 337 Å². The summed E-state index contributed by atoms with van der Waals surface area (Å²) in [6.07, 6.45) is 0. The highest BCUT2D eigenvalue weighted by Crippen LogP contribution is 2.49. The van der Waals surface area contributed by atoms with E-state index in [1.807, 2.05) is 18.2 Å². The van der Waals surface area contributed by atoms with Crippen LogP contribution >= 0.6 is 0 Å². The van der Waals surface area contributed by atoms with Gasteiger partial charge in [-0.2, -0.15) is 0 Å². The highest BCUT2D eigenvalue weighted by atomic mass is 15.0. The van der Waals surface area contributed by atoms with Crippen molar-refractivity contribution in [1.29, 1.82) is 0 Å². The molecule has 10 aromatic rings. The number of hydrogen-bond acceptors (Lipinski definition) is 3. The highest BCUT2D eigenvalue weighted by molar-refractivity contribution is 6.10. The molecule has 0 bridgehead atoms. The molecule has 1 aliphatic carbocycles. The zero-order valence-corrected chi connectivity index (χ0v) is 32.3. The minimum atomic E-state index is -0.0585. The fourth-order valence-corrected chi connectivity index (χ4v) is 8.93. The molecular formula is C54H38N4. The Morgan fingerprint density at radius 2 is 0.862 bits per heavy atom. The predicted molar refractivity (Wildman–Crippen MR) is 239 cm³/mol. The topological polar surface area (TPSA) is 43.6 Å². The maximum Gasteiger partial charge on any atom is 0.164 e. The molecule has 0 amide bonds. The molecule has 11 rings (SSSR count). The van der Waals surface area contributed by atoms with Gasteiger partial charge in [-0.05, 0) is 80.9 Å². The van der Waals surface area contributed by atoms with Crippen molar-refractivity contribution in [2.24, 2.45) is 0 Å². The molecule has 274 valence electrons. The van der Waals surface area contributed by atoms with Crippen molar-refractivity contribution < 1.29 is 0 Å². The van der Waals surface area contributed by atoms with E-state index in [0.29, 0.717) is 17.5 Å². The van der Waals surface area contributed by atoms with Gasteiger partial charge in [0.05, 0.1) is 11.0 Å². The van der Waals surface area contributed by atoms with Crippen LogP contribution in [-0.4, -0.2) is 19.5 Å². The minimum Gasteiger partial charge on any atom is -0.309 e. The molecule has 4 heteroatoms. The Morgan fingerprint density at radius 3 is 1.60 bits per heavy atom. The lowest BCUT2D eigenvalue weighted by Gasteiger charge is -2.21. The van der Waals surface area contributed by atoms with Crippen LogP contribution in [0.4, 0.5) is 0 Å². The number of aromatic nitrogens is 4. The normalized spacial score (nSPS) is 12.8. The largest absolute Gasteiger partial charge is 0.309 e. The minimum absolute atomic E-state index is 0.0585. The van der Waals surface area contributed by atoms with Gasteiger partial charge in [0, 0.05) is 38.6 Å². The molecule has 0 radical (unpaired) electrons. The molecule has 0 spiro atoms. The second-order valence-corrected chi connectivity index (χ2v) is 15.7. The summed E-state index contributed by atoms with van der Waals surface area (Å²) in [5, 5.41) is 2.39. The third-order valence-electron chi connectivity index (χ3n) is 11.8. The standard InChI is InChI=1S/C54H38N4/c1-54(2)47-25-11-9-23-43(47)46-34-42(28-30-48(46)54)58-49-26-12-10-24-44(49)45-29-27-41(33-50(45)58)53-56-51(36-17-7-4-8-18-36)55-52(57-53)40-22-14-21-39(32-40)38-20-13-19-37(31-38)35-15-5-3-6-16-35/h3-34H,1-2H3. The van der Waals surface area contributed by atoms with Crippen molar-refractivity contribution in [3.8, 4) is 73.2 Å². The summed E-state index contributed by atoms with van der Waals surface area (Å²) in [5.41, 5.74) is 16.1. The lowest BCUT2D eigenvalue weighted by Crippen LogP contribution is -2.14. The summed E-state index contributed by atoms with van der Waals surface area (Å²) < 4.78 is 2.40. The van der Waals surface area contributed by atoms with Gasteiger partial charge in [-0.1, -0.05) is 172 Å². The summed E-state index contributed by atoms with van der Waals surface area (Å²) in [6, 6.07) is 69.0. The second-order valence-electron chi connectivity index (χ2n) is 15.7. The van der Waals surface area contributed by atoms with Gasteiger partial charge in [0.1, 0.15) is 0 Å². The van der Waals surface area contributed by atoms with Crippen LogP contribution in [0, 0.1) is 0 Å². The van der Waals surface area contributed by atoms with Crippen LogP contribution in [0.15, 0.2) is 194 Å². The first-order chi connectivity index (χ1) is 28.5. The Bertz CT molecular complexity index is 3200. The molecule has 4 nitrogen and oxygen atoms in total. The lowest BCUT2D eigenvalue weighted by molar-refractivity contribution is 0.660. The summed E-state index contributed by atoms with van der Waals surface area (Å²) in [7, 11) is 0. The van der Waals surface area contributed by atoms with Crippen LogP contribution in [-0.2, 0) is 5.41 Å². The average Bonchev–Trinajstić information content (AvgIpc) is 3.74. The van der Waals surface area contributed by atoms with Gasteiger partial charge in [-0.3, -0.25) is 0 Å². The van der Waals surface area contributed by atoms with Crippen LogP contribution in [0.3, 0.4) is 0 Å². The summed E-state index contributed by atoms with van der Waals surface area (Å²) >= 11 is 0. The van der Waals surface area contributed by atoms with E-state index in [1.165, 1.54) is 44.2 Å². The van der Waals surface area contributed by atoms with Crippen molar-refractivity contribution in [1.82, 2.24) is 19.5 Å². The number of para-hydroxylation sites is 1. The Morgan fingerprint density at radius 1 is 0.345 bits per heavy atom. The van der Waals surface area contributed by atoms with E-state index in [-0.39, 0.29) is 5.41 Å². The smallest absolute Gasteiger partial charge is 0.164 e. The fourth-order valence-electron chi connectivity index (χ4n) is 8.93. The van der Waals surface area contributed by atoms with Gasteiger partial charge in [0.2, 0.25) is 0 Å². The molecule has 58 heavy (non-hydrogen) atoms.